The Bertz CT molecular complexity index is 682. The molecule has 0 aromatic carbocycles. The van der Waals surface area contributed by atoms with Crippen molar-refractivity contribution < 1.29 is 4.79 Å². The third-order valence-electron chi connectivity index (χ3n) is 4.67. The number of H-pyrrole nitrogens is 1. The Morgan fingerprint density at radius 3 is 2.81 bits per heavy atom. The number of nitrogens with zero attached hydrogens (tertiary/aromatic N) is 1. The van der Waals surface area contributed by atoms with E-state index in [4.69, 9.17) is 5.73 Å². The zero-order valence-electron chi connectivity index (χ0n) is 11.7. The lowest BCUT2D eigenvalue weighted by Crippen LogP contribution is -2.43. The van der Waals surface area contributed by atoms with Gasteiger partial charge >= 0.3 is 0 Å². The number of hydrogen-bond acceptors (Lipinski definition) is 4. The third-order valence-corrected chi connectivity index (χ3v) is 4.67. The van der Waals surface area contributed by atoms with Crippen LogP contribution in [0.15, 0.2) is 18.5 Å². The summed E-state index contributed by atoms with van der Waals surface area (Å²) in [5.74, 6) is -0.440. The van der Waals surface area contributed by atoms with Gasteiger partial charge in [-0.05, 0) is 31.7 Å². The van der Waals surface area contributed by atoms with Crippen molar-refractivity contribution in [2.75, 3.05) is 5.32 Å². The molecule has 2 aliphatic heterocycles. The minimum absolute atomic E-state index is 0.377. The van der Waals surface area contributed by atoms with Crippen LogP contribution in [0.2, 0.25) is 0 Å². The van der Waals surface area contributed by atoms with Gasteiger partial charge in [-0.2, -0.15) is 0 Å². The van der Waals surface area contributed by atoms with Crippen LogP contribution in [0.5, 0.6) is 0 Å². The quantitative estimate of drug-likeness (QED) is 0.684. The molecule has 2 bridgehead atoms. The molecule has 2 fully saturated rings. The average molecular weight is 285 g/mol. The minimum atomic E-state index is -0.440. The molecular formula is C15H19N5O. The molecule has 0 spiro atoms. The standard InChI is InChI=1S/C15H19N5O/c16-14(21)12-7-18-15-11(3-4-17-15)13(12)20-10-5-8-1-2-9(6-10)19-8/h3-4,7-10,19H,1-2,5-6H2,(H2,16,21)(H2,17,18,20)/t8-,9+,10+. The van der Waals surface area contributed by atoms with E-state index in [2.05, 4.69) is 20.6 Å². The number of nitrogens with two attached hydrogens (primary N) is 1. The van der Waals surface area contributed by atoms with Crippen molar-refractivity contribution in [3.63, 3.8) is 0 Å². The highest BCUT2D eigenvalue weighted by molar-refractivity contribution is 6.05. The summed E-state index contributed by atoms with van der Waals surface area (Å²) in [6.45, 7) is 0. The summed E-state index contributed by atoms with van der Waals surface area (Å²) in [5.41, 5.74) is 7.57. The molecule has 4 rings (SSSR count). The molecular weight excluding hydrogens is 266 g/mol. The van der Waals surface area contributed by atoms with E-state index in [9.17, 15) is 4.79 Å². The Labute approximate surface area is 122 Å². The second-order valence-corrected chi connectivity index (χ2v) is 6.10. The van der Waals surface area contributed by atoms with Crippen LogP contribution >= 0.6 is 0 Å². The van der Waals surface area contributed by atoms with Gasteiger partial charge in [-0.15, -0.1) is 0 Å². The molecule has 2 aliphatic rings. The minimum Gasteiger partial charge on any atom is -0.381 e. The van der Waals surface area contributed by atoms with Gasteiger partial charge in [0.15, 0.2) is 0 Å². The highest BCUT2D eigenvalue weighted by atomic mass is 16.1. The first-order chi connectivity index (χ1) is 10.2. The largest absolute Gasteiger partial charge is 0.381 e. The van der Waals surface area contributed by atoms with Gasteiger partial charge in [-0.1, -0.05) is 0 Å². The summed E-state index contributed by atoms with van der Waals surface area (Å²) in [6, 6.07) is 3.51. The van der Waals surface area contributed by atoms with Crippen molar-refractivity contribution in [3.8, 4) is 0 Å². The number of aromatic nitrogens is 2. The molecule has 2 saturated heterocycles. The molecule has 0 unspecified atom stereocenters. The molecule has 4 heterocycles. The molecule has 2 aromatic heterocycles. The highest BCUT2D eigenvalue weighted by Gasteiger charge is 2.34. The lowest BCUT2D eigenvalue weighted by atomic mass is 9.98. The normalized spacial score (nSPS) is 27.9. The number of primary amides is 1. The number of aromatic amines is 1. The molecule has 2 aromatic rings. The van der Waals surface area contributed by atoms with E-state index in [0.29, 0.717) is 23.7 Å². The Morgan fingerprint density at radius 2 is 2.10 bits per heavy atom. The van der Waals surface area contributed by atoms with Crippen LogP contribution in [0, 0.1) is 0 Å². The summed E-state index contributed by atoms with van der Waals surface area (Å²) in [4.78, 5) is 19.0. The fourth-order valence-corrected chi connectivity index (χ4v) is 3.73. The second kappa shape index (κ2) is 4.73. The molecule has 3 atom stereocenters. The maximum Gasteiger partial charge on any atom is 0.252 e. The molecule has 1 amide bonds. The Hall–Kier alpha value is -2.08. The molecule has 0 saturated carbocycles. The summed E-state index contributed by atoms with van der Waals surface area (Å²) in [6.07, 6.45) is 8.06. The average Bonchev–Trinajstić information content (AvgIpc) is 3.05. The van der Waals surface area contributed by atoms with Crippen LogP contribution < -0.4 is 16.4 Å². The zero-order valence-corrected chi connectivity index (χ0v) is 11.7. The Kier molecular flexibility index (Phi) is 2.85. The van der Waals surface area contributed by atoms with Crippen LogP contribution in [-0.2, 0) is 0 Å². The van der Waals surface area contributed by atoms with Gasteiger partial charge in [-0.3, -0.25) is 4.79 Å². The van der Waals surface area contributed by atoms with E-state index < -0.39 is 5.91 Å². The molecule has 5 N–H and O–H groups in total. The zero-order chi connectivity index (χ0) is 14.4. The van der Waals surface area contributed by atoms with E-state index in [1.54, 1.807) is 6.20 Å². The fraction of sp³-hybridized carbons (Fsp3) is 0.467. The summed E-state index contributed by atoms with van der Waals surface area (Å²) in [7, 11) is 0. The molecule has 21 heavy (non-hydrogen) atoms. The number of rotatable bonds is 3. The van der Waals surface area contributed by atoms with Gasteiger partial charge in [0.05, 0.1) is 11.3 Å². The van der Waals surface area contributed by atoms with Crippen LogP contribution in [0.25, 0.3) is 11.0 Å². The van der Waals surface area contributed by atoms with E-state index in [1.165, 1.54) is 12.8 Å². The molecule has 0 aliphatic carbocycles. The topological polar surface area (TPSA) is 95.8 Å². The lowest BCUT2D eigenvalue weighted by molar-refractivity contribution is 0.100. The molecule has 6 nitrogen and oxygen atoms in total. The molecule has 0 radical (unpaired) electrons. The first kappa shape index (κ1) is 12.6. The first-order valence-corrected chi connectivity index (χ1v) is 7.49. The van der Waals surface area contributed by atoms with E-state index >= 15 is 0 Å². The van der Waals surface area contributed by atoms with Gasteiger partial charge in [0.25, 0.3) is 5.91 Å². The summed E-state index contributed by atoms with van der Waals surface area (Å²) < 4.78 is 0. The lowest BCUT2D eigenvalue weighted by Gasteiger charge is -2.31. The second-order valence-electron chi connectivity index (χ2n) is 6.10. The smallest absolute Gasteiger partial charge is 0.252 e. The third kappa shape index (κ3) is 2.15. The number of carbonyl (C=O) groups excluding carboxylic acids is 1. The van der Waals surface area contributed by atoms with Crippen molar-refractivity contribution in [1.82, 2.24) is 15.3 Å². The summed E-state index contributed by atoms with van der Waals surface area (Å²) >= 11 is 0. The van der Waals surface area contributed by atoms with E-state index in [1.807, 2.05) is 12.3 Å². The fourth-order valence-electron chi connectivity index (χ4n) is 3.73. The predicted octanol–water partition coefficient (Wildman–Crippen LogP) is 1.36. The van der Waals surface area contributed by atoms with Gasteiger partial charge in [-0.25, -0.2) is 4.98 Å². The van der Waals surface area contributed by atoms with Gasteiger partial charge in [0, 0.05) is 35.9 Å². The van der Waals surface area contributed by atoms with Gasteiger partial charge in [0.1, 0.15) is 5.65 Å². The van der Waals surface area contributed by atoms with Crippen molar-refractivity contribution >= 4 is 22.6 Å². The van der Waals surface area contributed by atoms with Gasteiger partial charge in [0.2, 0.25) is 0 Å². The summed E-state index contributed by atoms with van der Waals surface area (Å²) in [5, 5.41) is 8.11. The van der Waals surface area contributed by atoms with E-state index in [0.717, 1.165) is 29.6 Å². The van der Waals surface area contributed by atoms with E-state index in [-0.39, 0.29) is 0 Å². The number of piperidine rings is 1. The Morgan fingerprint density at radius 1 is 1.33 bits per heavy atom. The number of nitrogens with one attached hydrogen (secondary N) is 3. The van der Waals surface area contributed by atoms with Crippen molar-refractivity contribution in [2.24, 2.45) is 5.73 Å². The number of anilines is 1. The maximum absolute atomic E-state index is 11.7. The maximum atomic E-state index is 11.7. The number of hydrogen-bond donors (Lipinski definition) is 4. The monoisotopic (exact) mass is 285 g/mol. The highest BCUT2D eigenvalue weighted by Crippen LogP contribution is 2.32. The van der Waals surface area contributed by atoms with Crippen LogP contribution in [-0.4, -0.2) is 34.0 Å². The molecule has 6 heteroatoms. The Balaban J connectivity index is 1.69. The predicted molar refractivity (Wildman–Crippen MR) is 81.2 cm³/mol. The van der Waals surface area contributed by atoms with Gasteiger partial charge < -0.3 is 21.4 Å². The van der Waals surface area contributed by atoms with Crippen molar-refractivity contribution in [2.45, 2.75) is 43.8 Å². The number of carbonyl (C=O) groups is 1. The van der Waals surface area contributed by atoms with Crippen LogP contribution in [0.1, 0.15) is 36.0 Å². The van der Waals surface area contributed by atoms with Crippen molar-refractivity contribution in [3.05, 3.63) is 24.0 Å². The SMILES string of the molecule is NC(=O)c1cnc2[nH]ccc2c1N[C@H]1C[C@H]2CC[C@@H](C1)N2. The van der Waals surface area contributed by atoms with Crippen LogP contribution in [0.3, 0.4) is 0 Å². The first-order valence-electron chi connectivity index (χ1n) is 7.49. The van der Waals surface area contributed by atoms with Crippen LogP contribution in [0.4, 0.5) is 5.69 Å². The number of pyridine rings is 1. The van der Waals surface area contributed by atoms with Crippen molar-refractivity contribution in [1.29, 1.82) is 0 Å². The number of fused-ring (bicyclic) bond motifs is 3. The molecule has 110 valence electrons. The number of amides is 1.